The average Bonchev–Trinajstić information content (AvgIpc) is 3.98. The number of halogens is 2. The van der Waals surface area contributed by atoms with Gasteiger partial charge in [-0.1, -0.05) is 114 Å². The minimum absolute atomic E-state index is 0.0132. The fourth-order valence-corrected chi connectivity index (χ4v) is 10.8. The molecule has 18 heteroatoms. The fraction of sp³-hybridized carbons (Fsp3) is 0.492. The number of fused-ring (bicyclic) bond motifs is 2. The van der Waals surface area contributed by atoms with E-state index in [0.29, 0.717) is 5.56 Å². The predicted molar refractivity (Wildman–Crippen MR) is 298 cm³/mol. The van der Waals surface area contributed by atoms with Crippen LogP contribution in [0, 0.1) is 22.5 Å². The van der Waals surface area contributed by atoms with Gasteiger partial charge in [0.2, 0.25) is 35.4 Å². The molecule has 1 aliphatic carbocycles. The molecule has 0 saturated carbocycles. The lowest BCUT2D eigenvalue weighted by atomic mass is 9.84. The second-order valence-corrected chi connectivity index (χ2v) is 23.6. The van der Waals surface area contributed by atoms with Crippen LogP contribution in [0.2, 0.25) is 0 Å². The summed E-state index contributed by atoms with van der Waals surface area (Å²) in [5, 5.41) is 17.9. The van der Waals surface area contributed by atoms with Gasteiger partial charge in [0.15, 0.2) is 11.6 Å². The number of benzene rings is 4. The van der Waals surface area contributed by atoms with E-state index in [9.17, 15) is 33.2 Å². The van der Waals surface area contributed by atoms with Gasteiger partial charge in [-0.3, -0.25) is 33.6 Å². The van der Waals surface area contributed by atoms with E-state index in [2.05, 4.69) is 38.0 Å². The van der Waals surface area contributed by atoms with Crippen LogP contribution in [0.5, 0.6) is 0 Å². The molecule has 0 spiro atoms. The van der Waals surface area contributed by atoms with Crippen LogP contribution in [-0.2, 0) is 54.7 Å². The van der Waals surface area contributed by atoms with Crippen molar-refractivity contribution in [3.8, 4) is 0 Å². The summed E-state index contributed by atoms with van der Waals surface area (Å²) >= 11 is 0. The van der Waals surface area contributed by atoms with Crippen molar-refractivity contribution in [2.45, 2.75) is 162 Å². The number of hydrogen-bond donors (Lipinski definition) is 6. The maximum Gasteiger partial charge on any atom is 0.251 e. The standard InChI is InChI=1S/C61H79F2N9O7/c1-35(64-10)53(73)68-51(60(4,5)6)58(78)71-33-42-20-13-12-19-41(42)30-49(71)57(77)70(37(3)44-23-17-24-46(62)50(44)63)32-38-26-28-40(29-27-38)55(75)66-43-31-48(56(76)67-47-25-16-21-39-18-14-15-22-45(39)47)72(34-43)59(79)52(61(7,8)9)69-54(74)36(2)65-11/h12-15,17-20,22-24,26-29,35-37,43,47-49,51-52,64-65H,16,21,25,30-34H2,1-11H3,(H,66,75)(H,67,76)(H,68,73)(H,69,74)/t35-,36-,37+,43-,47+,48-,49-,51+,52+/m0/s1. The van der Waals surface area contributed by atoms with Crippen LogP contribution in [0.25, 0.3) is 0 Å². The number of amides is 7. The van der Waals surface area contributed by atoms with Gasteiger partial charge in [0.1, 0.15) is 24.2 Å². The lowest BCUT2D eigenvalue weighted by Crippen LogP contribution is -2.62. The Balaban J connectivity index is 1.16. The highest BCUT2D eigenvalue weighted by atomic mass is 19.2. The predicted octanol–water partition coefficient (Wildman–Crippen LogP) is 6.18. The molecule has 2 aliphatic heterocycles. The summed E-state index contributed by atoms with van der Waals surface area (Å²) in [6.07, 6.45) is 2.69. The summed E-state index contributed by atoms with van der Waals surface area (Å²) in [5.41, 5.74) is 2.98. The van der Waals surface area contributed by atoms with Crippen LogP contribution >= 0.6 is 0 Å². The molecule has 6 N–H and O–H groups in total. The topological polar surface area (TPSA) is 201 Å². The van der Waals surface area contributed by atoms with Crippen LogP contribution in [0.4, 0.5) is 8.78 Å². The number of carbonyl (C=O) groups excluding carboxylic acids is 7. The Hall–Kier alpha value is -7.05. The van der Waals surface area contributed by atoms with E-state index in [1.54, 1.807) is 59.1 Å². The van der Waals surface area contributed by atoms with Crippen LogP contribution in [-0.4, -0.2) is 119 Å². The number of likely N-dealkylation sites (tertiary alicyclic amines) is 1. The van der Waals surface area contributed by atoms with E-state index in [1.165, 1.54) is 26.8 Å². The molecule has 4 aromatic carbocycles. The van der Waals surface area contributed by atoms with Gasteiger partial charge < -0.3 is 46.6 Å². The van der Waals surface area contributed by atoms with Crippen molar-refractivity contribution in [3.05, 3.63) is 142 Å². The zero-order chi connectivity index (χ0) is 57.7. The van der Waals surface area contributed by atoms with Gasteiger partial charge in [0.05, 0.1) is 24.2 Å². The average molecular weight is 1090 g/mol. The Kier molecular flexibility index (Phi) is 18.8. The molecule has 1 fully saturated rings. The molecule has 4 aromatic rings. The number of rotatable bonds is 17. The first-order valence-corrected chi connectivity index (χ1v) is 27.5. The van der Waals surface area contributed by atoms with E-state index in [1.807, 2.05) is 84.0 Å². The van der Waals surface area contributed by atoms with Crippen molar-refractivity contribution < 1.29 is 42.3 Å². The molecule has 2 heterocycles. The van der Waals surface area contributed by atoms with Gasteiger partial charge >= 0.3 is 0 Å². The minimum Gasteiger partial charge on any atom is -0.347 e. The summed E-state index contributed by atoms with van der Waals surface area (Å²) in [5.74, 6) is -5.32. The summed E-state index contributed by atoms with van der Waals surface area (Å²) < 4.78 is 30.7. The molecule has 0 bridgehead atoms. The highest BCUT2D eigenvalue weighted by molar-refractivity contribution is 5.97. The van der Waals surface area contributed by atoms with Gasteiger partial charge in [0, 0.05) is 43.2 Å². The third kappa shape index (κ3) is 13.7. The molecule has 0 radical (unpaired) electrons. The summed E-state index contributed by atoms with van der Waals surface area (Å²) in [7, 11) is 3.28. The third-order valence-electron chi connectivity index (χ3n) is 15.9. The lowest BCUT2D eigenvalue weighted by Gasteiger charge is -2.43. The van der Waals surface area contributed by atoms with Crippen LogP contribution in [0.3, 0.4) is 0 Å². The molecule has 79 heavy (non-hydrogen) atoms. The molecule has 7 rings (SSSR count). The number of aryl methyl sites for hydroxylation is 1. The first-order valence-electron chi connectivity index (χ1n) is 27.5. The van der Waals surface area contributed by atoms with Crippen LogP contribution in [0.1, 0.15) is 137 Å². The van der Waals surface area contributed by atoms with Crippen LogP contribution in [0.15, 0.2) is 91.0 Å². The number of likely N-dealkylation sites (N-methyl/N-ethyl adjacent to an activating group) is 2. The quantitative estimate of drug-likeness (QED) is 0.0715. The van der Waals surface area contributed by atoms with Crippen molar-refractivity contribution in [2.24, 2.45) is 10.8 Å². The molecule has 0 aromatic heterocycles. The van der Waals surface area contributed by atoms with Crippen molar-refractivity contribution in [3.63, 3.8) is 0 Å². The van der Waals surface area contributed by atoms with Gasteiger partial charge in [-0.2, -0.15) is 0 Å². The zero-order valence-corrected chi connectivity index (χ0v) is 47.5. The summed E-state index contributed by atoms with van der Waals surface area (Å²) in [6, 6.07) is 18.3. The second kappa shape index (κ2) is 25.0. The largest absolute Gasteiger partial charge is 0.347 e. The highest BCUT2D eigenvalue weighted by Crippen LogP contribution is 2.35. The SMILES string of the molecule is CN[C@@H](C)C(=O)N[C@H](C(=O)N1C[C@@H](NC(=O)c2ccc(CN(C(=O)[C@@H]3Cc4ccccc4CN3C(=O)[C@@H](NC(=O)[C@H](C)NC)C(C)(C)C)[C@H](C)c3cccc(F)c3F)cc2)C[C@H]1C(=O)N[C@@H]1CCCc2ccccc21)C(C)(C)C. The molecule has 424 valence electrons. The molecule has 3 aliphatic rings. The van der Waals surface area contributed by atoms with Crippen molar-refractivity contribution in [1.82, 2.24) is 46.6 Å². The lowest BCUT2D eigenvalue weighted by molar-refractivity contribution is -0.152. The molecule has 7 amide bonds. The van der Waals surface area contributed by atoms with E-state index >= 15 is 9.18 Å². The Morgan fingerprint density at radius 1 is 0.671 bits per heavy atom. The molecule has 1 saturated heterocycles. The molecular formula is C61H79F2N9O7. The van der Waals surface area contributed by atoms with E-state index < -0.39 is 100 Å². The van der Waals surface area contributed by atoms with Gasteiger partial charge in [-0.25, -0.2) is 8.78 Å². The Bertz CT molecular complexity index is 2900. The second-order valence-electron chi connectivity index (χ2n) is 23.6. The summed E-state index contributed by atoms with van der Waals surface area (Å²) in [6.45, 7) is 15.9. The van der Waals surface area contributed by atoms with Crippen molar-refractivity contribution in [2.75, 3.05) is 20.6 Å². The number of nitrogens with one attached hydrogen (secondary N) is 6. The normalized spacial score (nSPS) is 20.1. The smallest absolute Gasteiger partial charge is 0.251 e. The third-order valence-corrected chi connectivity index (χ3v) is 15.9. The van der Waals surface area contributed by atoms with Gasteiger partial charge in [0.25, 0.3) is 5.91 Å². The minimum atomic E-state index is -1.12. The fourth-order valence-electron chi connectivity index (χ4n) is 10.8. The molecular weight excluding hydrogens is 1010 g/mol. The zero-order valence-electron chi connectivity index (χ0n) is 47.5. The Labute approximate surface area is 463 Å². The van der Waals surface area contributed by atoms with E-state index in [-0.39, 0.29) is 61.5 Å². The van der Waals surface area contributed by atoms with E-state index in [4.69, 9.17) is 0 Å². The maximum absolute atomic E-state index is 15.8. The Morgan fingerprint density at radius 3 is 1.84 bits per heavy atom. The molecule has 16 nitrogen and oxygen atoms in total. The number of carbonyl (C=O) groups is 7. The molecule has 0 unspecified atom stereocenters. The maximum atomic E-state index is 15.8. The first-order chi connectivity index (χ1) is 37.3. The van der Waals surface area contributed by atoms with Crippen LogP contribution < -0.4 is 31.9 Å². The van der Waals surface area contributed by atoms with E-state index in [0.717, 1.165) is 47.6 Å². The number of hydrogen-bond acceptors (Lipinski definition) is 9. The highest BCUT2D eigenvalue weighted by Gasteiger charge is 2.47. The van der Waals surface area contributed by atoms with Crippen molar-refractivity contribution >= 4 is 41.4 Å². The van der Waals surface area contributed by atoms with Gasteiger partial charge in [-0.05, 0) is 117 Å². The first kappa shape index (κ1) is 59.6. The van der Waals surface area contributed by atoms with Gasteiger partial charge in [-0.15, -0.1) is 0 Å². The monoisotopic (exact) mass is 1090 g/mol. The Morgan fingerprint density at radius 2 is 1.24 bits per heavy atom. The number of nitrogens with zero attached hydrogens (tertiary/aromatic N) is 3. The summed E-state index contributed by atoms with van der Waals surface area (Å²) in [4.78, 5) is 105. The van der Waals surface area contributed by atoms with Crippen molar-refractivity contribution in [1.29, 1.82) is 0 Å². The molecule has 9 atom stereocenters.